The van der Waals surface area contributed by atoms with E-state index >= 15 is 0 Å². The fraction of sp³-hybridized carbons (Fsp3) is 0.182. The Morgan fingerprint density at radius 3 is 1.41 bits per heavy atom. The zero-order chi connectivity index (χ0) is 20.0. The largest absolute Gasteiger partial charge is 2.00 e. The van der Waals surface area contributed by atoms with Crippen molar-refractivity contribution >= 4 is 0 Å². The minimum Gasteiger partial charge on any atom is -0.497 e. The molecule has 0 fully saturated rings. The van der Waals surface area contributed by atoms with Gasteiger partial charge in [0.05, 0.1) is 12.5 Å². The second-order valence-electron chi connectivity index (χ2n) is 6.31. The second kappa shape index (κ2) is 9.94. The molecule has 150 valence electrons. The van der Waals surface area contributed by atoms with Crippen LogP contribution >= 0.6 is 0 Å². The summed E-state index contributed by atoms with van der Waals surface area (Å²) in [6, 6.07) is 0. The third-order valence-corrected chi connectivity index (χ3v) is 4.29. The number of ether oxygens (including phenoxy) is 2. The molecule has 0 aromatic rings. The van der Waals surface area contributed by atoms with E-state index in [4.69, 9.17) is 9.47 Å². The van der Waals surface area contributed by atoms with Gasteiger partial charge in [0.15, 0.2) is 0 Å². The van der Waals surface area contributed by atoms with E-state index in [1.165, 1.54) is 49.0 Å². The van der Waals surface area contributed by atoms with E-state index in [1.54, 1.807) is 24.3 Å². The van der Waals surface area contributed by atoms with Gasteiger partial charge in [0, 0.05) is 0 Å². The first-order chi connectivity index (χ1) is 13.4. The predicted molar refractivity (Wildman–Crippen MR) is 99.3 cm³/mol. The van der Waals surface area contributed by atoms with Crippen LogP contribution in [0.3, 0.4) is 0 Å². The minimum atomic E-state index is -1.84. The molecule has 0 spiro atoms. The van der Waals surface area contributed by atoms with Crippen molar-refractivity contribution in [1.29, 1.82) is 0 Å². The molecule has 2 unspecified atom stereocenters. The quantitative estimate of drug-likeness (QED) is 0.318. The minimum absolute atomic E-state index is 0. The van der Waals surface area contributed by atoms with E-state index in [0.29, 0.717) is 11.1 Å². The summed E-state index contributed by atoms with van der Waals surface area (Å²) in [5, 5.41) is 0. The Labute approximate surface area is 182 Å². The van der Waals surface area contributed by atoms with E-state index in [-0.39, 0.29) is 34.9 Å². The van der Waals surface area contributed by atoms with Gasteiger partial charge in [0.1, 0.15) is 24.6 Å². The summed E-state index contributed by atoms with van der Waals surface area (Å²) in [5.41, 5.74) is -2.88. The summed E-state index contributed by atoms with van der Waals surface area (Å²) < 4.78 is 63.8. The van der Waals surface area contributed by atoms with Gasteiger partial charge in [0.25, 0.3) is 0 Å². The normalized spacial score (nSPS) is 29.1. The van der Waals surface area contributed by atoms with E-state index in [9.17, 15) is 17.6 Å². The zero-order valence-corrected chi connectivity index (χ0v) is 16.9. The van der Waals surface area contributed by atoms with Gasteiger partial charge in [0.2, 0.25) is 0 Å². The Bertz CT molecular complexity index is 781. The van der Waals surface area contributed by atoms with E-state index in [0.717, 1.165) is 12.8 Å². The molecule has 4 rings (SSSR count). The van der Waals surface area contributed by atoms with Crippen LogP contribution in [0.5, 0.6) is 0 Å². The monoisotopic (exact) mass is 438 g/mol. The zero-order valence-electron chi connectivity index (χ0n) is 15.3. The molecule has 29 heavy (non-hydrogen) atoms. The van der Waals surface area contributed by atoms with Gasteiger partial charge < -0.3 is 9.47 Å². The van der Waals surface area contributed by atoms with Gasteiger partial charge >= 0.3 is 21.7 Å². The fourth-order valence-corrected chi connectivity index (χ4v) is 2.82. The first-order valence-corrected chi connectivity index (χ1v) is 8.57. The number of alkyl halides is 2. The Morgan fingerprint density at radius 2 is 1.10 bits per heavy atom. The Hall–Kier alpha value is -2.31. The molecule has 7 heteroatoms. The standard InChI is InChI=1S/2C11H9F2O.Ti/c2*12-10-4-1-5-11(13,7-10)9-3-2-6-14-8-9;/h2*1-7H,8H2;/q2*-1;+2. The van der Waals surface area contributed by atoms with Crippen LogP contribution in [0, 0.1) is 12.8 Å². The SMILES string of the molecule is FC1=CC=CC(F)(C2=CC=COC2)[CH-]1.FC1=CC=CC(F)(C2=CC=COC2)[CH-]1.[Ti+2]. The average molecular weight is 438 g/mol. The van der Waals surface area contributed by atoms with Crippen LogP contribution in [-0.2, 0) is 31.2 Å². The molecule has 0 aromatic carbocycles. The predicted octanol–water partition coefficient (Wildman–Crippen LogP) is 5.58. The number of halogens is 4. The Kier molecular flexibility index (Phi) is 7.88. The molecule has 0 saturated carbocycles. The summed E-state index contributed by atoms with van der Waals surface area (Å²) >= 11 is 0. The maximum atomic E-state index is 14.1. The van der Waals surface area contributed by atoms with E-state index in [1.807, 2.05) is 0 Å². The molecule has 0 saturated heterocycles. The van der Waals surface area contributed by atoms with Gasteiger partial charge in [-0.2, -0.15) is 25.0 Å². The molecule has 0 N–H and O–H groups in total. The van der Waals surface area contributed by atoms with Crippen molar-refractivity contribution in [3.8, 4) is 0 Å². The topological polar surface area (TPSA) is 18.5 Å². The van der Waals surface area contributed by atoms with Crippen molar-refractivity contribution in [3.63, 3.8) is 0 Å². The Morgan fingerprint density at radius 1 is 0.690 bits per heavy atom. The summed E-state index contributed by atoms with van der Waals surface area (Å²) in [6.07, 6.45) is 19.0. The van der Waals surface area contributed by atoms with Crippen LogP contribution in [0.4, 0.5) is 17.6 Å². The average Bonchev–Trinajstić information content (AvgIpc) is 2.70. The first kappa shape index (κ1) is 23.0. The van der Waals surface area contributed by atoms with Crippen LogP contribution in [0.1, 0.15) is 0 Å². The van der Waals surface area contributed by atoms with Crippen molar-refractivity contribution in [3.05, 3.63) is 109 Å². The molecule has 4 aliphatic rings. The van der Waals surface area contributed by atoms with Gasteiger partial charge in [-0.05, 0) is 35.0 Å². The van der Waals surface area contributed by atoms with Crippen LogP contribution in [0.2, 0.25) is 0 Å². The second-order valence-corrected chi connectivity index (χ2v) is 6.31. The van der Waals surface area contributed by atoms with Crippen LogP contribution in [-0.4, -0.2) is 24.6 Å². The third-order valence-electron chi connectivity index (χ3n) is 4.29. The van der Waals surface area contributed by atoms with Crippen molar-refractivity contribution in [2.45, 2.75) is 11.3 Å². The number of allylic oxidation sites excluding steroid dienone is 12. The van der Waals surface area contributed by atoms with Crippen molar-refractivity contribution in [2.24, 2.45) is 0 Å². The molecule has 0 radical (unpaired) electrons. The van der Waals surface area contributed by atoms with Gasteiger partial charge in [-0.15, -0.1) is 12.2 Å². The smallest absolute Gasteiger partial charge is 0.497 e. The molecule has 2 nitrogen and oxygen atoms in total. The summed E-state index contributed by atoms with van der Waals surface area (Å²) in [4.78, 5) is 0. The van der Waals surface area contributed by atoms with Crippen LogP contribution in [0.25, 0.3) is 0 Å². The third kappa shape index (κ3) is 5.84. The molecular weight excluding hydrogens is 420 g/mol. The molecule has 2 aliphatic heterocycles. The molecule has 2 heterocycles. The fourth-order valence-electron chi connectivity index (χ4n) is 2.82. The van der Waals surface area contributed by atoms with Crippen molar-refractivity contribution in [2.75, 3.05) is 13.2 Å². The molecule has 0 aromatic heterocycles. The first-order valence-electron chi connectivity index (χ1n) is 8.57. The van der Waals surface area contributed by atoms with Crippen LogP contribution < -0.4 is 0 Å². The summed E-state index contributed by atoms with van der Waals surface area (Å²) in [6.45, 7) is 0.308. The molecule has 0 amide bonds. The van der Waals surface area contributed by atoms with Crippen molar-refractivity contribution < 1.29 is 48.8 Å². The number of hydrogen-bond acceptors (Lipinski definition) is 2. The number of hydrogen-bond donors (Lipinski definition) is 0. The summed E-state index contributed by atoms with van der Waals surface area (Å²) in [5.74, 6) is -1.13. The van der Waals surface area contributed by atoms with Gasteiger partial charge in [-0.3, -0.25) is 0 Å². The maximum absolute atomic E-state index is 14.1. The number of rotatable bonds is 2. The molecule has 0 bridgehead atoms. The van der Waals surface area contributed by atoms with Crippen molar-refractivity contribution in [1.82, 2.24) is 0 Å². The molecular formula is C22H18F4O2Ti. The maximum Gasteiger partial charge on any atom is 2.00 e. The van der Waals surface area contributed by atoms with Gasteiger partial charge in [-0.1, -0.05) is 24.3 Å². The van der Waals surface area contributed by atoms with E-state index < -0.39 is 23.0 Å². The van der Waals surface area contributed by atoms with Crippen LogP contribution in [0.15, 0.2) is 96.1 Å². The molecule has 2 atom stereocenters. The molecule has 2 aliphatic carbocycles. The Balaban J connectivity index is 0.000000200. The van der Waals surface area contributed by atoms with E-state index in [2.05, 4.69) is 0 Å². The van der Waals surface area contributed by atoms with Gasteiger partial charge in [-0.25, -0.2) is 17.6 Å². The summed E-state index contributed by atoms with van der Waals surface area (Å²) in [7, 11) is 0.